The van der Waals surface area contributed by atoms with Crippen molar-refractivity contribution in [2.45, 2.75) is 119 Å². The first-order valence-electron chi connectivity index (χ1n) is 15.0. The molecule has 3 heteroatoms. The number of Topliss-reactive ketones (excluding diaryl/α,β-unsaturated/α-hetero) is 3. The van der Waals surface area contributed by atoms with E-state index in [1.165, 1.54) is 34.8 Å². The van der Waals surface area contributed by atoms with Gasteiger partial charge in [-0.3, -0.25) is 14.4 Å². The van der Waals surface area contributed by atoms with Crippen LogP contribution in [0.1, 0.15) is 132 Å². The van der Waals surface area contributed by atoms with Crippen LogP contribution in [0.25, 0.3) is 5.57 Å². The maximum atomic E-state index is 13.8. The van der Waals surface area contributed by atoms with Gasteiger partial charge >= 0.3 is 0 Å². The third kappa shape index (κ3) is 7.64. The number of hydrogen-bond donors (Lipinski definition) is 0. The van der Waals surface area contributed by atoms with Gasteiger partial charge in [-0.15, -0.1) is 0 Å². The molecule has 0 N–H and O–H groups in total. The third-order valence-corrected chi connectivity index (χ3v) is 8.64. The van der Waals surface area contributed by atoms with Crippen molar-refractivity contribution in [3.8, 4) is 0 Å². The quantitative estimate of drug-likeness (QED) is 0.245. The smallest absolute Gasteiger partial charge is 0.163 e. The second-order valence-corrected chi connectivity index (χ2v) is 13.1. The first-order chi connectivity index (χ1) is 17.9. The zero-order chi connectivity index (χ0) is 28.0. The predicted molar refractivity (Wildman–Crippen MR) is 159 cm³/mol. The van der Waals surface area contributed by atoms with Crippen molar-refractivity contribution < 1.29 is 14.4 Å². The van der Waals surface area contributed by atoms with E-state index in [-0.39, 0.29) is 41.5 Å². The van der Waals surface area contributed by atoms with Gasteiger partial charge in [0.2, 0.25) is 0 Å². The molecule has 0 saturated heterocycles. The number of hydrogen-bond acceptors (Lipinski definition) is 3. The Morgan fingerprint density at radius 3 is 2.45 bits per heavy atom. The summed E-state index contributed by atoms with van der Waals surface area (Å²) < 4.78 is 0. The van der Waals surface area contributed by atoms with Crippen LogP contribution in [0, 0.1) is 30.1 Å². The molecule has 0 fully saturated rings. The van der Waals surface area contributed by atoms with Gasteiger partial charge < -0.3 is 0 Å². The summed E-state index contributed by atoms with van der Waals surface area (Å²) in [7, 11) is 0. The minimum absolute atomic E-state index is 0.0347. The monoisotopic (exact) mass is 518 g/mol. The largest absolute Gasteiger partial charge is 0.300 e. The van der Waals surface area contributed by atoms with Gasteiger partial charge in [0.1, 0.15) is 11.6 Å². The lowest BCUT2D eigenvalue weighted by atomic mass is 9.70. The van der Waals surface area contributed by atoms with Crippen LogP contribution in [0.3, 0.4) is 0 Å². The molecule has 0 bridgehead atoms. The van der Waals surface area contributed by atoms with E-state index in [2.05, 4.69) is 65.8 Å². The van der Waals surface area contributed by atoms with E-state index in [4.69, 9.17) is 0 Å². The van der Waals surface area contributed by atoms with Crippen LogP contribution in [0.5, 0.6) is 0 Å². The van der Waals surface area contributed by atoms with Crippen LogP contribution < -0.4 is 0 Å². The fraction of sp³-hybridized carbons (Fsp3) is 0.629. The number of benzene rings is 1. The van der Waals surface area contributed by atoms with Crippen molar-refractivity contribution in [2.24, 2.45) is 23.2 Å². The number of allylic oxidation sites excluding steroid dienone is 4. The molecule has 2 aliphatic carbocycles. The lowest BCUT2D eigenvalue weighted by Crippen LogP contribution is -2.30. The van der Waals surface area contributed by atoms with E-state index in [9.17, 15) is 14.4 Å². The molecule has 0 saturated carbocycles. The van der Waals surface area contributed by atoms with E-state index >= 15 is 0 Å². The molecule has 0 heterocycles. The number of carbonyl (C=O) groups excluding carboxylic acids is 3. The van der Waals surface area contributed by atoms with Gasteiger partial charge in [0.25, 0.3) is 0 Å². The Morgan fingerprint density at radius 2 is 1.87 bits per heavy atom. The molecule has 1 aromatic carbocycles. The minimum atomic E-state index is -0.0952. The highest BCUT2D eigenvalue weighted by Gasteiger charge is 2.34. The van der Waals surface area contributed by atoms with Crippen LogP contribution in [0.2, 0.25) is 0 Å². The standard InChI is InChI=1S/C35H50O3/c1-8-13-28(29(9-2)32(37)18-23(3)36)19-25-20-31-30(26-14-10-11-15-26)22-27(16-12-17-35(5,6)7)24(4)34(31)33(38)21-25/h10,14-15,22,25,28-29H,8-9,11-13,16-21H2,1-7H3. The summed E-state index contributed by atoms with van der Waals surface area (Å²) in [5.74, 6) is 0.667. The summed E-state index contributed by atoms with van der Waals surface area (Å²) in [5, 5.41) is 0. The van der Waals surface area contributed by atoms with E-state index < -0.39 is 0 Å². The summed E-state index contributed by atoms with van der Waals surface area (Å²) in [4.78, 5) is 38.4. The van der Waals surface area contributed by atoms with Crippen molar-refractivity contribution in [1.29, 1.82) is 0 Å². The minimum Gasteiger partial charge on any atom is -0.300 e. The summed E-state index contributed by atoms with van der Waals surface area (Å²) in [6, 6.07) is 2.38. The lowest BCUT2D eigenvalue weighted by molar-refractivity contribution is -0.129. The average molecular weight is 519 g/mol. The Hall–Kier alpha value is -2.29. The van der Waals surface area contributed by atoms with Crippen LogP contribution in [0.15, 0.2) is 24.3 Å². The number of carbonyl (C=O) groups is 3. The normalized spacial score (nSPS) is 18.8. The second kappa shape index (κ2) is 13.2. The van der Waals surface area contributed by atoms with Crippen LogP contribution in [-0.2, 0) is 22.4 Å². The highest BCUT2D eigenvalue weighted by atomic mass is 16.1. The van der Waals surface area contributed by atoms with E-state index in [0.29, 0.717) is 11.8 Å². The Kier molecular flexibility index (Phi) is 10.5. The van der Waals surface area contributed by atoms with Crippen molar-refractivity contribution in [3.63, 3.8) is 0 Å². The zero-order valence-electron chi connectivity index (χ0n) is 25.0. The first-order valence-corrected chi connectivity index (χ1v) is 15.0. The van der Waals surface area contributed by atoms with Gasteiger partial charge in [0.15, 0.2) is 5.78 Å². The van der Waals surface area contributed by atoms with Gasteiger partial charge in [0, 0.05) is 17.9 Å². The predicted octanol–water partition coefficient (Wildman–Crippen LogP) is 8.83. The molecule has 3 atom stereocenters. The van der Waals surface area contributed by atoms with Crippen LogP contribution in [-0.4, -0.2) is 17.3 Å². The lowest BCUT2D eigenvalue weighted by Gasteiger charge is -2.33. The molecule has 1 aromatic rings. The fourth-order valence-corrected chi connectivity index (χ4v) is 6.84. The van der Waals surface area contributed by atoms with Gasteiger partial charge in [-0.25, -0.2) is 0 Å². The number of ketones is 3. The van der Waals surface area contributed by atoms with Crippen LogP contribution >= 0.6 is 0 Å². The molecule has 208 valence electrons. The molecule has 0 radical (unpaired) electrons. The van der Waals surface area contributed by atoms with Crippen molar-refractivity contribution in [1.82, 2.24) is 0 Å². The number of rotatable bonds is 13. The van der Waals surface area contributed by atoms with Gasteiger partial charge in [0.05, 0.1) is 6.42 Å². The molecule has 0 amide bonds. The molecule has 0 aliphatic heterocycles. The molecule has 38 heavy (non-hydrogen) atoms. The molecule has 3 unspecified atom stereocenters. The molecule has 0 spiro atoms. The Bertz CT molecular complexity index is 1100. The van der Waals surface area contributed by atoms with Gasteiger partial charge in [-0.2, -0.15) is 0 Å². The molecular weight excluding hydrogens is 468 g/mol. The maximum absolute atomic E-state index is 13.8. The van der Waals surface area contributed by atoms with Crippen LogP contribution in [0.4, 0.5) is 0 Å². The Morgan fingerprint density at radius 1 is 1.13 bits per heavy atom. The van der Waals surface area contributed by atoms with Gasteiger partial charge in [-0.05, 0) is 104 Å². The van der Waals surface area contributed by atoms with Crippen molar-refractivity contribution in [3.05, 3.63) is 52.1 Å². The molecule has 2 aliphatic rings. The van der Waals surface area contributed by atoms with Crippen molar-refractivity contribution in [2.75, 3.05) is 0 Å². The maximum Gasteiger partial charge on any atom is 0.163 e. The summed E-state index contributed by atoms with van der Waals surface area (Å²) in [6.45, 7) is 14.8. The Balaban J connectivity index is 1.93. The first kappa shape index (κ1) is 30.3. The topological polar surface area (TPSA) is 51.2 Å². The summed E-state index contributed by atoms with van der Waals surface area (Å²) >= 11 is 0. The van der Waals surface area contributed by atoms with Crippen molar-refractivity contribution >= 4 is 22.9 Å². The highest BCUT2D eigenvalue weighted by Crippen LogP contribution is 2.41. The highest BCUT2D eigenvalue weighted by molar-refractivity contribution is 6.02. The Labute approximate surface area is 231 Å². The average Bonchev–Trinajstić information content (AvgIpc) is 3.34. The number of aryl methyl sites for hydroxylation is 1. The second-order valence-electron chi connectivity index (χ2n) is 13.1. The van der Waals surface area contributed by atoms with E-state index in [1.807, 2.05) is 0 Å². The van der Waals surface area contributed by atoms with E-state index in [0.717, 1.165) is 63.4 Å². The molecule has 3 rings (SSSR count). The molecular formula is C35H50O3. The van der Waals surface area contributed by atoms with E-state index in [1.54, 1.807) is 0 Å². The fourth-order valence-electron chi connectivity index (χ4n) is 6.84. The summed E-state index contributed by atoms with van der Waals surface area (Å²) in [5.41, 5.74) is 7.49. The third-order valence-electron chi connectivity index (χ3n) is 8.64. The molecule has 3 nitrogen and oxygen atoms in total. The van der Waals surface area contributed by atoms with Gasteiger partial charge in [-0.1, -0.05) is 71.8 Å². The number of fused-ring (bicyclic) bond motifs is 1. The summed E-state index contributed by atoms with van der Waals surface area (Å²) in [6.07, 6.45) is 16.0. The SMILES string of the molecule is CCCC(CC1CC(=O)c2c(C)c(CCCC(C)(C)C)cc(C3=CCC=C3)c2C1)C(CC)C(=O)CC(C)=O. The zero-order valence-corrected chi connectivity index (χ0v) is 25.0. The molecule has 0 aromatic heterocycles.